The van der Waals surface area contributed by atoms with E-state index in [1.54, 1.807) is 11.6 Å². The van der Waals surface area contributed by atoms with Crippen LogP contribution in [-0.2, 0) is 11.8 Å². The first kappa shape index (κ1) is 12.5. The van der Waals surface area contributed by atoms with Gasteiger partial charge in [0.15, 0.2) is 0 Å². The monoisotopic (exact) mass is 277 g/mol. The minimum atomic E-state index is 0.0354. The molecule has 1 fully saturated rings. The van der Waals surface area contributed by atoms with E-state index >= 15 is 0 Å². The molecule has 2 atom stereocenters. The Morgan fingerprint density at radius 1 is 1.58 bits per heavy atom. The quantitative estimate of drug-likeness (QED) is 0.937. The van der Waals surface area contributed by atoms with Crippen molar-refractivity contribution in [2.45, 2.75) is 19.3 Å². The van der Waals surface area contributed by atoms with E-state index in [1.165, 1.54) is 5.56 Å². The van der Waals surface area contributed by atoms with Crippen molar-refractivity contribution in [3.8, 4) is 0 Å². The standard InChI is InChI=1S/C14H16ClN3O/c1-8(19)16-6-9-5-11(9)10-3-4-13(15)14-12(10)7-18(2)17-14/h3-4,7,9,11H,5-6H2,1-2H3,(H,16,19). The van der Waals surface area contributed by atoms with Crippen LogP contribution in [0.1, 0.15) is 24.8 Å². The predicted octanol–water partition coefficient (Wildman–Crippen LogP) is 2.47. The van der Waals surface area contributed by atoms with E-state index in [2.05, 4.69) is 16.5 Å². The molecule has 0 saturated heterocycles. The second-order valence-electron chi connectivity index (χ2n) is 5.24. The molecular formula is C14H16ClN3O. The third kappa shape index (κ3) is 2.32. The first-order valence-electron chi connectivity index (χ1n) is 6.42. The third-order valence-corrected chi connectivity index (χ3v) is 4.02. The Balaban J connectivity index is 1.87. The van der Waals surface area contributed by atoms with Crippen LogP contribution in [0.25, 0.3) is 10.9 Å². The molecule has 1 saturated carbocycles. The number of aryl methyl sites for hydroxylation is 1. The van der Waals surface area contributed by atoms with Crippen LogP contribution in [0.5, 0.6) is 0 Å². The van der Waals surface area contributed by atoms with Crippen molar-refractivity contribution in [2.24, 2.45) is 13.0 Å². The largest absolute Gasteiger partial charge is 0.356 e. The van der Waals surface area contributed by atoms with E-state index < -0.39 is 0 Å². The highest BCUT2D eigenvalue weighted by Crippen LogP contribution is 2.49. The summed E-state index contributed by atoms with van der Waals surface area (Å²) in [5.74, 6) is 1.08. The van der Waals surface area contributed by atoms with Crippen LogP contribution >= 0.6 is 11.6 Å². The molecule has 2 aromatic rings. The molecule has 1 aliphatic carbocycles. The lowest BCUT2D eigenvalue weighted by molar-refractivity contribution is -0.119. The zero-order valence-corrected chi connectivity index (χ0v) is 11.7. The van der Waals surface area contributed by atoms with Gasteiger partial charge in [0, 0.05) is 32.1 Å². The van der Waals surface area contributed by atoms with Gasteiger partial charge in [0.1, 0.15) is 5.52 Å². The van der Waals surface area contributed by atoms with Gasteiger partial charge in [0.2, 0.25) is 5.91 Å². The van der Waals surface area contributed by atoms with Crippen LogP contribution in [-0.4, -0.2) is 22.2 Å². The zero-order valence-electron chi connectivity index (χ0n) is 11.0. The summed E-state index contributed by atoms with van der Waals surface area (Å²) in [7, 11) is 1.90. The fraction of sp³-hybridized carbons (Fsp3) is 0.429. The van der Waals surface area contributed by atoms with Crippen LogP contribution in [0.15, 0.2) is 18.3 Å². The second-order valence-corrected chi connectivity index (χ2v) is 5.65. The Morgan fingerprint density at radius 3 is 3.11 bits per heavy atom. The number of rotatable bonds is 3. The van der Waals surface area contributed by atoms with Gasteiger partial charge in [-0.15, -0.1) is 0 Å². The molecule has 100 valence electrons. The van der Waals surface area contributed by atoms with Crippen molar-refractivity contribution in [1.29, 1.82) is 0 Å². The third-order valence-electron chi connectivity index (χ3n) is 3.71. The van der Waals surface area contributed by atoms with Gasteiger partial charge in [-0.05, 0) is 29.9 Å². The molecule has 0 bridgehead atoms. The smallest absolute Gasteiger partial charge is 0.216 e. The number of carbonyl (C=O) groups is 1. The molecule has 1 aliphatic rings. The van der Waals surface area contributed by atoms with Gasteiger partial charge in [0.05, 0.1) is 5.02 Å². The van der Waals surface area contributed by atoms with E-state index in [-0.39, 0.29) is 5.91 Å². The average molecular weight is 278 g/mol. The van der Waals surface area contributed by atoms with Crippen molar-refractivity contribution < 1.29 is 4.79 Å². The summed E-state index contributed by atoms with van der Waals surface area (Å²) in [6, 6.07) is 4.00. The molecule has 1 N–H and O–H groups in total. The number of hydrogen-bond acceptors (Lipinski definition) is 2. The summed E-state index contributed by atoms with van der Waals surface area (Å²) in [6.07, 6.45) is 3.14. The highest BCUT2D eigenvalue weighted by molar-refractivity contribution is 6.35. The van der Waals surface area contributed by atoms with Gasteiger partial charge >= 0.3 is 0 Å². The molecule has 1 aromatic carbocycles. The molecular weight excluding hydrogens is 262 g/mol. The van der Waals surface area contributed by atoms with Crippen molar-refractivity contribution in [2.75, 3.05) is 6.54 Å². The van der Waals surface area contributed by atoms with Gasteiger partial charge < -0.3 is 5.32 Å². The van der Waals surface area contributed by atoms with Crippen LogP contribution in [0.2, 0.25) is 5.02 Å². The second kappa shape index (κ2) is 4.53. The topological polar surface area (TPSA) is 46.9 Å². The fourth-order valence-corrected chi connectivity index (χ4v) is 2.86. The lowest BCUT2D eigenvalue weighted by atomic mass is 10.0. The van der Waals surface area contributed by atoms with Crippen LogP contribution in [0.3, 0.4) is 0 Å². The molecule has 0 aliphatic heterocycles. The minimum absolute atomic E-state index is 0.0354. The molecule has 1 amide bonds. The molecule has 0 spiro atoms. The molecule has 4 nitrogen and oxygen atoms in total. The molecule has 3 rings (SSSR count). The van der Waals surface area contributed by atoms with Crippen LogP contribution in [0.4, 0.5) is 0 Å². The van der Waals surface area contributed by atoms with E-state index in [0.29, 0.717) is 16.9 Å². The van der Waals surface area contributed by atoms with Gasteiger partial charge in [-0.3, -0.25) is 9.48 Å². The summed E-state index contributed by atoms with van der Waals surface area (Å²) in [5.41, 5.74) is 2.16. The first-order valence-corrected chi connectivity index (χ1v) is 6.80. The summed E-state index contributed by atoms with van der Waals surface area (Å²) in [6.45, 7) is 2.31. The lowest BCUT2D eigenvalue weighted by Gasteiger charge is -2.04. The fourth-order valence-electron chi connectivity index (χ4n) is 2.66. The van der Waals surface area contributed by atoms with E-state index in [4.69, 9.17) is 11.6 Å². The van der Waals surface area contributed by atoms with Crippen LogP contribution in [0, 0.1) is 5.92 Å². The average Bonchev–Trinajstić information content (AvgIpc) is 3.00. The molecule has 1 heterocycles. The number of fused-ring (bicyclic) bond motifs is 1. The van der Waals surface area contributed by atoms with E-state index in [0.717, 1.165) is 23.9 Å². The zero-order chi connectivity index (χ0) is 13.6. The summed E-state index contributed by atoms with van der Waals surface area (Å²) < 4.78 is 1.80. The molecule has 0 radical (unpaired) electrons. The highest BCUT2D eigenvalue weighted by Gasteiger charge is 2.39. The summed E-state index contributed by atoms with van der Waals surface area (Å²) >= 11 is 6.17. The number of amides is 1. The Bertz CT molecular complexity index is 649. The Morgan fingerprint density at radius 2 is 2.37 bits per heavy atom. The van der Waals surface area contributed by atoms with Crippen molar-refractivity contribution in [1.82, 2.24) is 15.1 Å². The number of nitrogens with zero attached hydrogens (tertiary/aromatic N) is 2. The van der Waals surface area contributed by atoms with Gasteiger partial charge in [-0.25, -0.2) is 0 Å². The van der Waals surface area contributed by atoms with Gasteiger partial charge in [0.25, 0.3) is 0 Å². The number of carbonyl (C=O) groups excluding carboxylic acids is 1. The van der Waals surface area contributed by atoms with Crippen molar-refractivity contribution in [3.05, 3.63) is 28.9 Å². The highest BCUT2D eigenvalue weighted by atomic mass is 35.5. The van der Waals surface area contributed by atoms with Gasteiger partial charge in [-0.1, -0.05) is 17.7 Å². The van der Waals surface area contributed by atoms with E-state index in [9.17, 15) is 4.79 Å². The number of aromatic nitrogens is 2. The molecule has 1 aromatic heterocycles. The summed E-state index contributed by atoms with van der Waals surface area (Å²) in [4.78, 5) is 10.9. The number of benzene rings is 1. The lowest BCUT2D eigenvalue weighted by Crippen LogP contribution is -2.22. The Labute approximate surface area is 116 Å². The molecule has 2 unspecified atom stereocenters. The van der Waals surface area contributed by atoms with Gasteiger partial charge in [-0.2, -0.15) is 5.10 Å². The number of nitrogens with one attached hydrogen (secondary N) is 1. The summed E-state index contributed by atoms with van der Waals surface area (Å²) in [5, 5.41) is 9.11. The maximum atomic E-state index is 10.9. The van der Waals surface area contributed by atoms with Crippen molar-refractivity contribution in [3.63, 3.8) is 0 Å². The molecule has 5 heteroatoms. The maximum Gasteiger partial charge on any atom is 0.216 e. The normalized spacial score (nSPS) is 21.6. The van der Waals surface area contributed by atoms with Crippen molar-refractivity contribution >= 4 is 28.4 Å². The minimum Gasteiger partial charge on any atom is -0.356 e. The number of halogens is 1. The Kier molecular flexibility index (Phi) is 2.97. The maximum absolute atomic E-state index is 10.9. The SMILES string of the molecule is CC(=O)NCC1CC1c1ccc(Cl)c2nn(C)cc12. The first-order chi connectivity index (χ1) is 9.06. The Hall–Kier alpha value is -1.55. The van der Waals surface area contributed by atoms with E-state index in [1.807, 2.05) is 19.3 Å². The van der Waals surface area contributed by atoms with Crippen LogP contribution < -0.4 is 5.32 Å². The number of hydrogen-bond donors (Lipinski definition) is 1. The predicted molar refractivity (Wildman–Crippen MR) is 75.3 cm³/mol. The molecule has 19 heavy (non-hydrogen) atoms.